The number of hydrogen-bond acceptors (Lipinski definition) is 8. The van der Waals surface area contributed by atoms with Crippen molar-refractivity contribution in [2.75, 3.05) is 39.9 Å². The van der Waals surface area contributed by atoms with Crippen molar-refractivity contribution in [2.24, 2.45) is 11.3 Å². The average molecular weight is 614 g/mol. The number of rotatable bonds is 6. The summed E-state index contributed by atoms with van der Waals surface area (Å²) >= 11 is 0. The molecule has 5 rings (SSSR count). The summed E-state index contributed by atoms with van der Waals surface area (Å²) in [6, 6.07) is 11.1. The van der Waals surface area contributed by atoms with E-state index in [1.54, 1.807) is 13.2 Å². The molecule has 13 heteroatoms. The monoisotopic (exact) mass is 613 g/mol. The van der Waals surface area contributed by atoms with Gasteiger partial charge in [-0.15, -0.1) is 22.6 Å². The van der Waals surface area contributed by atoms with Gasteiger partial charge in [0.1, 0.15) is 0 Å². The van der Waals surface area contributed by atoms with E-state index in [1.807, 2.05) is 40.9 Å². The number of ether oxygens (including phenoxy) is 2. The molecule has 3 aromatic rings. The van der Waals surface area contributed by atoms with Crippen LogP contribution in [-0.4, -0.2) is 72.2 Å². The Morgan fingerprint density at radius 2 is 1.98 bits per heavy atom. The highest BCUT2D eigenvalue weighted by Gasteiger charge is 2.43. The van der Waals surface area contributed by atoms with Gasteiger partial charge in [-0.3, -0.25) is 18.8 Å². The Morgan fingerprint density at radius 3 is 2.79 bits per heavy atom. The highest BCUT2D eigenvalue weighted by Crippen LogP contribution is 2.43. The Kier molecular flexibility index (Phi) is 11.2. The minimum atomic E-state index is -0.912. The van der Waals surface area contributed by atoms with Crippen molar-refractivity contribution in [1.29, 1.82) is 0 Å². The predicted octanol–water partition coefficient (Wildman–Crippen LogP) is 1.80. The lowest BCUT2D eigenvalue weighted by molar-refractivity contribution is -0.132. The fourth-order valence-corrected chi connectivity index (χ4v) is 5.37. The second-order valence-corrected chi connectivity index (χ2v) is 11.1. The summed E-state index contributed by atoms with van der Waals surface area (Å²) < 4.78 is 13.2. The zero-order valence-corrected chi connectivity index (χ0v) is 25.2. The highest BCUT2D eigenvalue weighted by molar-refractivity contribution is 5.85. The third-order valence-corrected chi connectivity index (χ3v) is 7.78. The molecule has 2 aromatic heterocycles. The minimum absolute atomic E-state index is 0. The van der Waals surface area contributed by atoms with Gasteiger partial charge in [0.25, 0.3) is 5.91 Å². The fourth-order valence-electron chi connectivity index (χ4n) is 5.37. The van der Waals surface area contributed by atoms with Gasteiger partial charge in [0.2, 0.25) is 11.8 Å². The lowest BCUT2D eigenvalue weighted by Crippen LogP contribution is -2.50. The van der Waals surface area contributed by atoms with E-state index >= 15 is 0 Å². The largest absolute Gasteiger partial charge is 0.493 e. The number of aromatic nitrogens is 3. The number of carbonyl (C=O) groups is 3. The van der Waals surface area contributed by atoms with Crippen LogP contribution in [0.4, 0.5) is 0 Å². The van der Waals surface area contributed by atoms with Crippen LogP contribution in [0.5, 0.6) is 11.5 Å². The Bertz CT molecular complexity index is 1410. The van der Waals surface area contributed by atoms with Gasteiger partial charge in [0, 0.05) is 32.3 Å². The van der Waals surface area contributed by atoms with Gasteiger partial charge in [0.15, 0.2) is 29.6 Å². The van der Waals surface area contributed by atoms with Crippen LogP contribution in [0.25, 0.3) is 5.65 Å². The van der Waals surface area contributed by atoms with E-state index in [2.05, 4.69) is 31.5 Å². The Labute approximate surface area is 257 Å². The van der Waals surface area contributed by atoms with E-state index < -0.39 is 5.41 Å². The van der Waals surface area contributed by atoms with Gasteiger partial charge in [-0.2, -0.15) is 0 Å². The molecule has 2 aliphatic rings. The van der Waals surface area contributed by atoms with Crippen LogP contribution in [0.2, 0.25) is 0 Å². The van der Waals surface area contributed by atoms with Gasteiger partial charge in [-0.1, -0.05) is 25.0 Å². The van der Waals surface area contributed by atoms with E-state index in [1.165, 1.54) is 0 Å². The van der Waals surface area contributed by atoms with Crippen LogP contribution in [-0.2, 0) is 27.3 Å². The molecular weight excluding hydrogens is 574 g/mol. The zero-order valence-electron chi connectivity index (χ0n) is 24.4. The molecule has 232 valence electrons. The average Bonchev–Trinajstić information content (AvgIpc) is 3.72. The number of nitrogens with zero attached hydrogens (tertiary/aromatic N) is 3. The molecule has 1 atom stereocenters. The first-order chi connectivity index (χ1) is 20.5. The number of hydrogen-bond donors (Lipinski definition) is 4. The maximum atomic E-state index is 14.2. The van der Waals surface area contributed by atoms with Gasteiger partial charge in [-0.05, 0) is 61.6 Å². The highest BCUT2D eigenvalue weighted by atomic mass is 35.5. The lowest BCUT2D eigenvalue weighted by Gasteiger charge is -2.33. The summed E-state index contributed by atoms with van der Waals surface area (Å²) in [6.07, 6.45) is 5.95. The molecule has 1 aromatic carbocycles. The summed E-state index contributed by atoms with van der Waals surface area (Å²) in [7, 11) is 1.54. The maximum Gasteiger partial charge on any atom is 0.257 e. The molecule has 2 bridgehead atoms. The third kappa shape index (κ3) is 8.57. The fraction of sp³-hybridized carbons (Fsp3) is 0.500. The van der Waals surface area contributed by atoms with Crippen molar-refractivity contribution >= 4 is 35.8 Å². The Morgan fingerprint density at radius 1 is 1.12 bits per heavy atom. The number of methoxy groups -OCH3 is 1. The summed E-state index contributed by atoms with van der Waals surface area (Å²) in [4.78, 5) is 39.4. The Hall–Kier alpha value is -3.90. The van der Waals surface area contributed by atoms with Gasteiger partial charge in [0.05, 0.1) is 19.1 Å². The normalized spacial score (nSPS) is 20.4. The molecule has 3 amide bonds. The molecule has 1 fully saturated rings. The van der Waals surface area contributed by atoms with Crippen molar-refractivity contribution < 1.29 is 23.9 Å². The standard InChI is InChI=1S/C30H39N7O5.ClH/c1-41-23-10-9-22-15-24(23)42-19-28(39)32-13-12-31-11-4-6-27(38)34-20-30(17-22,16-21-7-8-21)29(40)33-18-26-36-35-25-5-2-3-14-37(25)26;/h2-3,5,9-10,14-15,21,31H,4,6-8,11-13,16-20H2,1H3,(H,32,39)(H,33,40)(H,34,38);1H. The van der Waals surface area contributed by atoms with Crippen molar-refractivity contribution in [2.45, 2.75) is 45.1 Å². The smallest absolute Gasteiger partial charge is 0.257 e. The summed E-state index contributed by atoms with van der Waals surface area (Å²) in [5, 5.41) is 20.7. The lowest BCUT2D eigenvalue weighted by atomic mass is 9.75. The third-order valence-electron chi connectivity index (χ3n) is 7.78. The van der Waals surface area contributed by atoms with Crippen molar-refractivity contribution in [3.63, 3.8) is 0 Å². The molecule has 1 saturated carbocycles. The van der Waals surface area contributed by atoms with Crippen LogP contribution in [0.15, 0.2) is 42.6 Å². The molecule has 1 aliphatic heterocycles. The molecule has 3 heterocycles. The van der Waals surface area contributed by atoms with Crippen molar-refractivity contribution in [3.8, 4) is 11.5 Å². The van der Waals surface area contributed by atoms with Gasteiger partial charge < -0.3 is 30.7 Å². The predicted molar refractivity (Wildman–Crippen MR) is 162 cm³/mol. The molecule has 1 aliphatic carbocycles. The van der Waals surface area contributed by atoms with E-state index in [9.17, 15) is 14.4 Å². The zero-order chi connectivity index (χ0) is 29.4. The molecule has 1 unspecified atom stereocenters. The van der Waals surface area contributed by atoms with Gasteiger partial charge >= 0.3 is 0 Å². The van der Waals surface area contributed by atoms with Crippen LogP contribution in [0, 0.1) is 11.3 Å². The first-order valence-electron chi connectivity index (χ1n) is 14.6. The molecular formula is C30H40ClN7O5. The molecule has 12 nitrogen and oxygen atoms in total. The van der Waals surface area contributed by atoms with Crippen LogP contribution < -0.4 is 30.7 Å². The summed E-state index contributed by atoms with van der Waals surface area (Å²) in [5.41, 5.74) is 0.630. The van der Waals surface area contributed by atoms with Crippen LogP contribution >= 0.6 is 12.4 Å². The number of halogens is 1. The summed E-state index contributed by atoms with van der Waals surface area (Å²) in [6.45, 7) is 1.92. The number of fused-ring (bicyclic) bond motifs is 3. The quantitative estimate of drug-likeness (QED) is 0.329. The molecule has 43 heavy (non-hydrogen) atoms. The van der Waals surface area contributed by atoms with E-state index in [0.717, 1.165) is 18.4 Å². The second-order valence-electron chi connectivity index (χ2n) is 11.1. The number of nitrogens with one attached hydrogen (secondary N) is 4. The molecule has 0 spiro atoms. The topological polar surface area (TPSA) is 148 Å². The van der Waals surface area contributed by atoms with Crippen molar-refractivity contribution in [1.82, 2.24) is 35.9 Å². The molecule has 4 N–H and O–H groups in total. The van der Waals surface area contributed by atoms with Gasteiger partial charge in [-0.25, -0.2) is 0 Å². The number of amides is 3. The second kappa shape index (κ2) is 15.0. The van der Waals surface area contributed by atoms with Crippen LogP contribution in [0.1, 0.15) is 43.5 Å². The molecule has 0 saturated heterocycles. The number of benzene rings is 1. The Balaban J connectivity index is 0.00000423. The SMILES string of the molecule is COc1ccc2cc1OCC(=O)NCCNCCCC(=O)NCC(CC1CC1)(C(=O)NCc1nnc3ccccn13)C2.Cl. The minimum Gasteiger partial charge on any atom is -0.493 e. The van der Waals surface area contributed by atoms with E-state index in [4.69, 9.17) is 9.47 Å². The van der Waals surface area contributed by atoms with Crippen LogP contribution in [0.3, 0.4) is 0 Å². The first-order valence-corrected chi connectivity index (χ1v) is 14.6. The van der Waals surface area contributed by atoms with E-state index in [0.29, 0.717) is 74.2 Å². The maximum absolute atomic E-state index is 14.2. The number of carbonyl (C=O) groups excluding carboxylic acids is 3. The van der Waals surface area contributed by atoms with E-state index in [-0.39, 0.29) is 49.8 Å². The van der Waals surface area contributed by atoms with Crippen molar-refractivity contribution in [3.05, 3.63) is 54.0 Å². The molecule has 0 radical (unpaired) electrons. The number of pyridine rings is 1. The summed E-state index contributed by atoms with van der Waals surface area (Å²) in [5.74, 6) is 1.44. The first kappa shape index (κ1) is 32.0.